The summed E-state index contributed by atoms with van der Waals surface area (Å²) in [5, 5.41) is 13.3. The first-order valence-electron chi connectivity index (χ1n) is 10.9. The lowest BCUT2D eigenvalue weighted by atomic mass is 10.1. The summed E-state index contributed by atoms with van der Waals surface area (Å²) in [7, 11) is 10.1. The Bertz CT molecular complexity index is 1060. The molecule has 32 heavy (non-hydrogen) atoms. The predicted molar refractivity (Wildman–Crippen MR) is 135 cm³/mol. The summed E-state index contributed by atoms with van der Waals surface area (Å²) in [5.74, 6) is -0.0655. The Kier molecular flexibility index (Phi) is 9.24. The highest BCUT2D eigenvalue weighted by Crippen LogP contribution is 2.33. The molecule has 0 unspecified atom stereocenters. The molecule has 0 aliphatic heterocycles. The quantitative estimate of drug-likeness (QED) is 0.452. The average Bonchev–Trinajstić information content (AvgIpc) is 3.00. The maximum atomic E-state index is 12.6. The van der Waals surface area contributed by atoms with Gasteiger partial charge < -0.3 is 20.4 Å². The minimum atomic E-state index is -0.0655. The van der Waals surface area contributed by atoms with E-state index in [1.807, 2.05) is 50.9 Å². The van der Waals surface area contributed by atoms with Crippen molar-refractivity contribution in [3.63, 3.8) is 0 Å². The molecule has 0 spiro atoms. The number of anilines is 1. The van der Waals surface area contributed by atoms with Crippen LogP contribution in [0.4, 0.5) is 5.69 Å². The van der Waals surface area contributed by atoms with Crippen molar-refractivity contribution in [2.45, 2.75) is 19.8 Å². The number of carbonyl (C=O) groups is 1. The van der Waals surface area contributed by atoms with Gasteiger partial charge in [0.1, 0.15) is 0 Å². The van der Waals surface area contributed by atoms with Gasteiger partial charge in [0.15, 0.2) is 5.65 Å². The van der Waals surface area contributed by atoms with E-state index in [0.717, 1.165) is 65.8 Å². The fourth-order valence-electron chi connectivity index (χ4n) is 3.78. The molecule has 1 amide bonds. The molecule has 0 saturated heterocycles. The number of hydrogen-bond donors (Lipinski definition) is 2. The van der Waals surface area contributed by atoms with Crippen molar-refractivity contribution < 1.29 is 4.79 Å². The fraction of sp³-hybridized carbons (Fsp3) is 0.522. The molecule has 1 aromatic carbocycles. The van der Waals surface area contributed by atoms with Gasteiger partial charge in [-0.2, -0.15) is 5.10 Å². The van der Waals surface area contributed by atoms with Crippen LogP contribution in [0.15, 0.2) is 18.2 Å². The van der Waals surface area contributed by atoms with Crippen LogP contribution in [0.5, 0.6) is 0 Å². The number of nitrogens with one attached hydrogen (secondary N) is 2. The van der Waals surface area contributed by atoms with E-state index >= 15 is 0 Å². The summed E-state index contributed by atoms with van der Waals surface area (Å²) in [6, 6.07) is 5.76. The normalized spacial score (nSPS) is 11.4. The molecule has 2 aromatic heterocycles. The predicted octanol–water partition coefficient (Wildman–Crippen LogP) is 2.90. The number of fused-ring (bicyclic) bond motifs is 2. The van der Waals surface area contributed by atoms with Crippen LogP contribution >= 0.6 is 12.4 Å². The lowest BCUT2D eigenvalue weighted by Gasteiger charge is -2.14. The van der Waals surface area contributed by atoms with Crippen molar-refractivity contribution >= 4 is 45.9 Å². The first-order valence-corrected chi connectivity index (χ1v) is 10.9. The molecule has 0 atom stereocenters. The van der Waals surface area contributed by atoms with E-state index in [2.05, 4.69) is 39.6 Å². The Morgan fingerprint density at radius 1 is 1.06 bits per heavy atom. The Morgan fingerprint density at radius 2 is 1.72 bits per heavy atom. The number of pyridine rings is 1. The molecule has 0 aliphatic rings. The SMILES string of the molecule is Cc1nn(C)c2nc3cc(C(=O)NCCCN(C)C)ccc3c(NCCCN(C)C)c12.Cl. The van der Waals surface area contributed by atoms with E-state index in [1.54, 1.807) is 0 Å². The molecule has 0 saturated carbocycles. The van der Waals surface area contributed by atoms with Gasteiger partial charge in [0, 0.05) is 31.1 Å². The third-order valence-corrected chi connectivity index (χ3v) is 5.35. The number of nitrogens with zero attached hydrogens (tertiary/aromatic N) is 5. The van der Waals surface area contributed by atoms with Gasteiger partial charge in [-0.3, -0.25) is 9.48 Å². The number of benzene rings is 1. The zero-order chi connectivity index (χ0) is 22.5. The molecule has 9 heteroatoms. The summed E-state index contributed by atoms with van der Waals surface area (Å²) < 4.78 is 1.81. The third-order valence-electron chi connectivity index (χ3n) is 5.35. The lowest BCUT2D eigenvalue weighted by molar-refractivity contribution is 0.0952. The number of aromatic nitrogens is 3. The molecule has 8 nitrogen and oxygen atoms in total. The summed E-state index contributed by atoms with van der Waals surface area (Å²) in [6.45, 7) is 5.48. The van der Waals surface area contributed by atoms with E-state index in [0.29, 0.717) is 12.1 Å². The summed E-state index contributed by atoms with van der Waals surface area (Å²) in [6.07, 6.45) is 1.95. The van der Waals surface area contributed by atoms with Crippen LogP contribution in [0.3, 0.4) is 0 Å². The minimum absolute atomic E-state index is 0. The molecule has 3 rings (SSSR count). The van der Waals surface area contributed by atoms with Crippen LogP contribution in [-0.4, -0.2) is 84.8 Å². The van der Waals surface area contributed by atoms with E-state index in [9.17, 15) is 4.79 Å². The molecule has 3 aromatic rings. The summed E-state index contributed by atoms with van der Waals surface area (Å²) in [4.78, 5) is 21.8. The van der Waals surface area contributed by atoms with E-state index in [-0.39, 0.29) is 18.3 Å². The maximum Gasteiger partial charge on any atom is 0.251 e. The molecule has 2 heterocycles. The fourth-order valence-corrected chi connectivity index (χ4v) is 3.78. The molecule has 0 aliphatic carbocycles. The second-order valence-electron chi connectivity index (χ2n) is 8.62. The zero-order valence-corrected chi connectivity index (χ0v) is 20.8. The molecular weight excluding hydrogens is 426 g/mol. The topological polar surface area (TPSA) is 78.3 Å². The van der Waals surface area contributed by atoms with Gasteiger partial charge >= 0.3 is 0 Å². The number of aryl methyl sites for hydroxylation is 2. The van der Waals surface area contributed by atoms with Gasteiger partial charge in [-0.25, -0.2) is 4.98 Å². The van der Waals surface area contributed by atoms with Gasteiger partial charge in [0.25, 0.3) is 5.91 Å². The largest absolute Gasteiger partial charge is 0.384 e. The number of amides is 1. The zero-order valence-electron chi connectivity index (χ0n) is 20.0. The van der Waals surface area contributed by atoms with Gasteiger partial charge in [0.2, 0.25) is 0 Å². The minimum Gasteiger partial charge on any atom is -0.384 e. The highest BCUT2D eigenvalue weighted by atomic mass is 35.5. The molecule has 2 N–H and O–H groups in total. The van der Waals surface area contributed by atoms with Crippen molar-refractivity contribution in [1.29, 1.82) is 0 Å². The Labute approximate surface area is 196 Å². The summed E-state index contributed by atoms with van der Waals surface area (Å²) in [5.41, 5.74) is 4.24. The average molecular weight is 462 g/mol. The van der Waals surface area contributed by atoms with Gasteiger partial charge in [-0.15, -0.1) is 12.4 Å². The van der Waals surface area contributed by atoms with E-state index < -0.39 is 0 Å². The Hall–Kier alpha value is -2.42. The van der Waals surface area contributed by atoms with Gasteiger partial charge in [-0.05, 0) is 79.2 Å². The Balaban J connectivity index is 0.00000363. The van der Waals surface area contributed by atoms with Crippen molar-refractivity contribution in [3.8, 4) is 0 Å². The highest BCUT2D eigenvalue weighted by Gasteiger charge is 2.17. The maximum absolute atomic E-state index is 12.6. The third kappa shape index (κ3) is 6.09. The van der Waals surface area contributed by atoms with Crippen molar-refractivity contribution in [1.82, 2.24) is 29.9 Å². The van der Waals surface area contributed by atoms with Crippen LogP contribution in [0, 0.1) is 6.92 Å². The first-order chi connectivity index (χ1) is 14.8. The molecule has 0 fully saturated rings. The monoisotopic (exact) mass is 461 g/mol. The van der Waals surface area contributed by atoms with Crippen molar-refractivity contribution in [3.05, 3.63) is 29.5 Å². The van der Waals surface area contributed by atoms with Crippen LogP contribution in [0.25, 0.3) is 21.9 Å². The number of hydrogen-bond acceptors (Lipinski definition) is 6. The number of carbonyl (C=O) groups excluding carboxylic acids is 1. The van der Waals surface area contributed by atoms with Gasteiger partial charge in [0.05, 0.1) is 22.3 Å². The number of halogens is 1. The second-order valence-corrected chi connectivity index (χ2v) is 8.62. The number of rotatable bonds is 10. The second kappa shape index (κ2) is 11.4. The van der Waals surface area contributed by atoms with Gasteiger partial charge in [-0.1, -0.05) is 0 Å². The molecule has 0 radical (unpaired) electrons. The van der Waals surface area contributed by atoms with Crippen LogP contribution < -0.4 is 10.6 Å². The van der Waals surface area contributed by atoms with E-state index in [4.69, 9.17) is 4.98 Å². The first kappa shape index (κ1) is 25.8. The lowest BCUT2D eigenvalue weighted by Crippen LogP contribution is -2.27. The molecule has 176 valence electrons. The van der Waals surface area contributed by atoms with E-state index in [1.165, 1.54) is 0 Å². The Morgan fingerprint density at radius 3 is 2.38 bits per heavy atom. The van der Waals surface area contributed by atoms with Crippen molar-refractivity contribution in [2.24, 2.45) is 7.05 Å². The van der Waals surface area contributed by atoms with Crippen LogP contribution in [0.2, 0.25) is 0 Å². The summed E-state index contributed by atoms with van der Waals surface area (Å²) >= 11 is 0. The van der Waals surface area contributed by atoms with Crippen LogP contribution in [0.1, 0.15) is 28.9 Å². The smallest absolute Gasteiger partial charge is 0.251 e. The molecular formula is C23H36ClN7O. The van der Waals surface area contributed by atoms with Crippen LogP contribution in [-0.2, 0) is 7.05 Å². The standard InChI is InChI=1S/C23H35N7O.ClH/c1-16-20-21(24-11-7-13-28(2)3)18-10-9-17(23(31)25-12-8-14-29(4)5)15-19(18)26-22(20)30(6)27-16;/h9-10,15H,7-8,11-14H2,1-6H3,(H,24,26)(H,25,31);1H. The molecule has 0 bridgehead atoms. The van der Waals surface area contributed by atoms with Crippen molar-refractivity contribution in [2.75, 3.05) is 59.7 Å². The highest BCUT2D eigenvalue weighted by molar-refractivity contribution is 6.09.